The Morgan fingerprint density at radius 3 is 2.52 bits per heavy atom. The van der Waals surface area contributed by atoms with E-state index in [4.69, 9.17) is 0 Å². The molecule has 1 aliphatic heterocycles. The monoisotopic (exact) mass is 295 g/mol. The zero-order valence-electron chi connectivity index (χ0n) is 14.4. The topological polar surface area (TPSA) is 51.7 Å². The summed E-state index contributed by atoms with van der Waals surface area (Å²) in [5, 5.41) is 10.5. The summed E-state index contributed by atoms with van der Waals surface area (Å²) in [5.74, 6) is 0.931. The summed E-state index contributed by atoms with van der Waals surface area (Å²) in [7, 11) is 1.85. The molecule has 1 saturated carbocycles. The van der Waals surface area contributed by atoms with Crippen LogP contribution >= 0.6 is 0 Å². The summed E-state index contributed by atoms with van der Waals surface area (Å²) in [6.07, 6.45) is 4.00. The van der Waals surface area contributed by atoms with Gasteiger partial charge in [0.25, 0.3) is 0 Å². The Balaban J connectivity index is 1.68. The number of aliphatic imine (C=N–C) groups is 1. The average molecular weight is 295 g/mol. The quantitative estimate of drug-likeness (QED) is 0.405. The van der Waals surface area contributed by atoms with Crippen LogP contribution in [0.4, 0.5) is 0 Å². The molecule has 21 heavy (non-hydrogen) atoms. The van der Waals surface area contributed by atoms with Crippen LogP contribution in [0, 0.1) is 0 Å². The lowest BCUT2D eigenvalue weighted by molar-refractivity contribution is 0.256. The molecule has 0 aromatic heterocycles. The smallest absolute Gasteiger partial charge is 0.191 e. The van der Waals surface area contributed by atoms with Crippen molar-refractivity contribution in [2.24, 2.45) is 4.99 Å². The largest absolute Gasteiger partial charge is 0.355 e. The predicted octanol–water partition coefficient (Wildman–Crippen LogP) is 1.16. The number of guanidine groups is 1. The lowest BCUT2D eigenvalue weighted by Gasteiger charge is -2.22. The zero-order chi connectivity index (χ0) is 15.5. The van der Waals surface area contributed by atoms with Crippen LogP contribution in [-0.4, -0.2) is 61.2 Å². The molecule has 0 radical (unpaired) electrons. The van der Waals surface area contributed by atoms with Crippen molar-refractivity contribution in [1.29, 1.82) is 0 Å². The van der Waals surface area contributed by atoms with Gasteiger partial charge in [0.1, 0.15) is 0 Å². The van der Waals surface area contributed by atoms with E-state index in [2.05, 4.69) is 53.5 Å². The first-order valence-corrected chi connectivity index (χ1v) is 8.37. The first-order chi connectivity index (χ1) is 9.89. The fourth-order valence-corrected chi connectivity index (χ4v) is 3.08. The molecule has 5 nitrogen and oxygen atoms in total. The maximum Gasteiger partial charge on any atom is 0.191 e. The molecule has 2 atom stereocenters. The highest BCUT2D eigenvalue weighted by Gasteiger charge is 2.38. The molecule has 1 saturated heterocycles. The van der Waals surface area contributed by atoms with Crippen molar-refractivity contribution >= 4 is 5.96 Å². The van der Waals surface area contributed by atoms with Crippen LogP contribution in [0.1, 0.15) is 47.0 Å². The van der Waals surface area contributed by atoms with E-state index in [-0.39, 0.29) is 5.54 Å². The Morgan fingerprint density at radius 1 is 1.24 bits per heavy atom. The van der Waals surface area contributed by atoms with Gasteiger partial charge in [0.05, 0.1) is 0 Å². The van der Waals surface area contributed by atoms with E-state index in [0.717, 1.165) is 31.6 Å². The van der Waals surface area contributed by atoms with Gasteiger partial charge in [-0.1, -0.05) is 0 Å². The van der Waals surface area contributed by atoms with E-state index >= 15 is 0 Å². The Morgan fingerprint density at radius 2 is 1.95 bits per heavy atom. The van der Waals surface area contributed by atoms with Gasteiger partial charge >= 0.3 is 0 Å². The zero-order valence-corrected chi connectivity index (χ0v) is 14.4. The second kappa shape index (κ2) is 6.97. The number of rotatable bonds is 5. The average Bonchev–Trinajstić information content (AvgIpc) is 3.16. The molecule has 2 fully saturated rings. The van der Waals surface area contributed by atoms with Crippen LogP contribution in [0.25, 0.3) is 0 Å². The number of nitrogens with one attached hydrogen (secondary N) is 3. The van der Waals surface area contributed by atoms with Gasteiger partial charge in [-0.05, 0) is 47.0 Å². The highest BCUT2D eigenvalue weighted by molar-refractivity contribution is 5.80. The van der Waals surface area contributed by atoms with Gasteiger partial charge in [0, 0.05) is 50.3 Å². The fourth-order valence-electron chi connectivity index (χ4n) is 3.08. The van der Waals surface area contributed by atoms with E-state index in [1.807, 2.05) is 7.05 Å². The molecule has 2 rings (SSSR count). The predicted molar refractivity (Wildman–Crippen MR) is 89.8 cm³/mol. The van der Waals surface area contributed by atoms with Crippen molar-refractivity contribution in [2.75, 3.05) is 26.7 Å². The standard InChI is InChI=1S/C16H33N5/c1-12-10-13(11-21(12)14-6-7-14)20-15(17-5)18-8-9-19-16(2,3)4/h12-14,19H,6-11H2,1-5H3,(H2,17,18,20). The van der Waals surface area contributed by atoms with Crippen LogP contribution in [-0.2, 0) is 0 Å². The van der Waals surface area contributed by atoms with Crippen molar-refractivity contribution in [1.82, 2.24) is 20.9 Å². The second-order valence-electron chi connectivity index (χ2n) is 7.53. The molecule has 3 N–H and O–H groups in total. The Hall–Kier alpha value is -0.810. The summed E-state index contributed by atoms with van der Waals surface area (Å²) in [4.78, 5) is 7.00. The third-order valence-corrected chi connectivity index (χ3v) is 4.28. The molecular formula is C16H33N5. The van der Waals surface area contributed by atoms with Crippen LogP contribution < -0.4 is 16.0 Å². The maximum absolute atomic E-state index is 4.34. The van der Waals surface area contributed by atoms with Gasteiger partial charge in [-0.15, -0.1) is 0 Å². The summed E-state index contributed by atoms with van der Waals surface area (Å²) in [5.41, 5.74) is 0.171. The van der Waals surface area contributed by atoms with Crippen molar-refractivity contribution in [2.45, 2.75) is 70.6 Å². The van der Waals surface area contributed by atoms with Gasteiger partial charge in [-0.3, -0.25) is 9.89 Å². The number of hydrogen-bond acceptors (Lipinski definition) is 3. The van der Waals surface area contributed by atoms with Gasteiger partial charge < -0.3 is 16.0 Å². The maximum atomic E-state index is 4.34. The van der Waals surface area contributed by atoms with E-state index in [1.165, 1.54) is 19.3 Å². The first kappa shape index (κ1) is 16.6. The number of likely N-dealkylation sites (tertiary alicyclic amines) is 1. The van der Waals surface area contributed by atoms with Crippen molar-refractivity contribution < 1.29 is 0 Å². The fraction of sp³-hybridized carbons (Fsp3) is 0.938. The molecule has 2 unspecified atom stereocenters. The van der Waals surface area contributed by atoms with Crippen molar-refractivity contribution in [3.8, 4) is 0 Å². The lowest BCUT2D eigenvalue weighted by Crippen LogP contribution is -2.47. The summed E-state index contributed by atoms with van der Waals surface area (Å²) < 4.78 is 0. The van der Waals surface area contributed by atoms with Gasteiger partial charge in [0.15, 0.2) is 5.96 Å². The number of nitrogens with zero attached hydrogens (tertiary/aromatic N) is 2. The van der Waals surface area contributed by atoms with Crippen LogP contribution in [0.3, 0.4) is 0 Å². The highest BCUT2D eigenvalue weighted by atomic mass is 15.3. The van der Waals surface area contributed by atoms with E-state index in [9.17, 15) is 0 Å². The van der Waals surface area contributed by atoms with Gasteiger partial charge in [-0.25, -0.2) is 0 Å². The third-order valence-electron chi connectivity index (χ3n) is 4.28. The Bertz CT molecular complexity index is 356. The molecule has 0 aromatic rings. The molecule has 2 aliphatic rings. The molecule has 0 spiro atoms. The molecule has 0 bridgehead atoms. The Kier molecular flexibility index (Phi) is 5.49. The summed E-state index contributed by atoms with van der Waals surface area (Å²) in [6.45, 7) is 11.9. The minimum atomic E-state index is 0.171. The molecule has 1 aliphatic carbocycles. The van der Waals surface area contributed by atoms with E-state index < -0.39 is 0 Å². The third kappa shape index (κ3) is 5.47. The highest BCUT2D eigenvalue weighted by Crippen LogP contribution is 2.33. The molecular weight excluding hydrogens is 262 g/mol. The molecule has 122 valence electrons. The van der Waals surface area contributed by atoms with Crippen molar-refractivity contribution in [3.63, 3.8) is 0 Å². The first-order valence-electron chi connectivity index (χ1n) is 8.37. The minimum absolute atomic E-state index is 0.171. The van der Waals surface area contributed by atoms with Crippen LogP contribution in [0.5, 0.6) is 0 Å². The number of hydrogen-bond donors (Lipinski definition) is 3. The molecule has 1 heterocycles. The summed E-state index contributed by atoms with van der Waals surface area (Å²) in [6, 6.07) is 2.09. The molecule has 5 heteroatoms. The summed E-state index contributed by atoms with van der Waals surface area (Å²) >= 11 is 0. The van der Waals surface area contributed by atoms with Gasteiger partial charge in [0.2, 0.25) is 0 Å². The minimum Gasteiger partial charge on any atom is -0.355 e. The normalized spacial score (nSPS) is 28.0. The second-order valence-corrected chi connectivity index (χ2v) is 7.53. The van der Waals surface area contributed by atoms with Crippen LogP contribution in [0.2, 0.25) is 0 Å². The molecule has 0 amide bonds. The van der Waals surface area contributed by atoms with Crippen molar-refractivity contribution in [3.05, 3.63) is 0 Å². The SMILES string of the molecule is CN=C(NCCNC(C)(C)C)NC1CC(C)N(C2CC2)C1. The van der Waals surface area contributed by atoms with E-state index in [1.54, 1.807) is 0 Å². The lowest BCUT2D eigenvalue weighted by atomic mass is 10.1. The molecule has 0 aromatic carbocycles. The van der Waals surface area contributed by atoms with E-state index in [0.29, 0.717) is 12.1 Å². The van der Waals surface area contributed by atoms with Gasteiger partial charge in [-0.2, -0.15) is 0 Å². The Labute approximate surface area is 130 Å². The van der Waals surface area contributed by atoms with Crippen LogP contribution in [0.15, 0.2) is 4.99 Å².